The highest BCUT2D eigenvalue weighted by Gasteiger charge is 2.21. The third-order valence-corrected chi connectivity index (χ3v) is 4.50. The van der Waals surface area contributed by atoms with Gasteiger partial charge in [-0.3, -0.25) is 0 Å². The summed E-state index contributed by atoms with van der Waals surface area (Å²) in [5.41, 5.74) is 0. The molecule has 2 N–H and O–H groups in total. The Hall–Kier alpha value is -0.120. The minimum absolute atomic E-state index is 0.137. The van der Waals surface area contributed by atoms with Gasteiger partial charge in [0.2, 0.25) is 0 Å². The second-order valence-corrected chi connectivity index (χ2v) is 6.47. The van der Waals surface area contributed by atoms with E-state index in [-0.39, 0.29) is 11.3 Å². The Morgan fingerprint density at radius 2 is 1.05 bits per heavy atom. The van der Waals surface area contributed by atoms with Crippen LogP contribution in [0.3, 0.4) is 0 Å². The molecule has 3 heteroatoms. The molecule has 0 aliphatic carbocycles. The number of nitrogens with zero attached hydrogens (tertiary/aromatic N) is 1. The van der Waals surface area contributed by atoms with Gasteiger partial charge in [0.05, 0.1) is 0 Å². The summed E-state index contributed by atoms with van der Waals surface area (Å²) in [6.45, 7) is 6.74. The van der Waals surface area contributed by atoms with Crippen molar-refractivity contribution in [1.29, 1.82) is 0 Å². The van der Waals surface area contributed by atoms with Crippen LogP contribution in [-0.4, -0.2) is 41.2 Å². The van der Waals surface area contributed by atoms with Gasteiger partial charge in [-0.2, -0.15) is 4.65 Å². The van der Waals surface area contributed by atoms with Gasteiger partial charge in [-0.1, -0.05) is 64.7 Å². The smallest absolute Gasteiger partial charge is 0.111 e. The summed E-state index contributed by atoms with van der Waals surface area (Å²) in [5, 5.41) is 19.2. The van der Waals surface area contributed by atoms with Crippen LogP contribution in [0, 0.1) is 0 Å². The summed E-state index contributed by atoms with van der Waals surface area (Å²) in [6, 6.07) is 0. The number of rotatable bonds is 16. The highest BCUT2D eigenvalue weighted by atomic mass is 16.5. The Morgan fingerprint density at radius 1 is 0.619 bits per heavy atom. The summed E-state index contributed by atoms with van der Waals surface area (Å²) in [4.78, 5) is 0. The van der Waals surface area contributed by atoms with Gasteiger partial charge in [-0.25, -0.2) is 5.21 Å². The van der Waals surface area contributed by atoms with E-state index >= 15 is 0 Å². The fourth-order valence-electron chi connectivity index (χ4n) is 2.86. The van der Waals surface area contributed by atoms with E-state index in [0.717, 1.165) is 19.5 Å². The molecular weight excluding hydrogens is 262 g/mol. The molecule has 0 aromatic carbocycles. The monoisotopic (exact) mass is 302 g/mol. The van der Waals surface area contributed by atoms with Gasteiger partial charge in [0.25, 0.3) is 0 Å². The SMILES string of the molecule is CCCCCCCCCCCCC[N+](O)(CC)CCCO. The van der Waals surface area contributed by atoms with Crippen LogP contribution in [0.5, 0.6) is 0 Å². The Morgan fingerprint density at radius 3 is 1.48 bits per heavy atom. The van der Waals surface area contributed by atoms with Gasteiger partial charge in [0.15, 0.2) is 0 Å². The van der Waals surface area contributed by atoms with Gasteiger partial charge in [-0.15, -0.1) is 0 Å². The predicted octanol–water partition coefficient (Wildman–Crippen LogP) is 4.91. The van der Waals surface area contributed by atoms with Crippen molar-refractivity contribution in [2.24, 2.45) is 0 Å². The normalized spacial score (nSPS) is 14.3. The lowest BCUT2D eigenvalue weighted by Gasteiger charge is -2.28. The molecule has 0 radical (unpaired) electrons. The first-order valence-electron chi connectivity index (χ1n) is 9.38. The van der Waals surface area contributed by atoms with Crippen molar-refractivity contribution in [3.8, 4) is 0 Å². The third kappa shape index (κ3) is 13.3. The van der Waals surface area contributed by atoms with E-state index in [1.54, 1.807) is 0 Å². The Labute approximate surface area is 132 Å². The second-order valence-electron chi connectivity index (χ2n) is 6.47. The zero-order valence-corrected chi connectivity index (χ0v) is 14.7. The molecular formula is C18H40NO2+. The number of quaternary nitrogens is 1. The maximum atomic E-state index is 10.3. The quantitative estimate of drug-likeness (QED) is 0.242. The largest absolute Gasteiger partial charge is 0.396 e. The van der Waals surface area contributed by atoms with Gasteiger partial charge in [0.1, 0.15) is 19.6 Å². The average Bonchev–Trinajstić information content (AvgIpc) is 2.50. The number of hydroxylamine groups is 3. The molecule has 0 aliphatic heterocycles. The van der Waals surface area contributed by atoms with Crippen molar-refractivity contribution in [3.05, 3.63) is 0 Å². The molecule has 0 amide bonds. The molecule has 1 atom stereocenters. The van der Waals surface area contributed by atoms with E-state index in [0.29, 0.717) is 13.0 Å². The molecule has 0 saturated heterocycles. The molecule has 3 nitrogen and oxygen atoms in total. The number of aliphatic hydroxyl groups excluding tert-OH is 1. The van der Waals surface area contributed by atoms with Crippen molar-refractivity contribution >= 4 is 0 Å². The molecule has 0 aromatic rings. The topological polar surface area (TPSA) is 40.5 Å². The van der Waals surface area contributed by atoms with Crippen molar-refractivity contribution in [3.63, 3.8) is 0 Å². The Balaban J connectivity index is 3.34. The van der Waals surface area contributed by atoms with Crippen LogP contribution in [0.15, 0.2) is 0 Å². The zero-order chi connectivity index (χ0) is 15.8. The van der Waals surface area contributed by atoms with Crippen molar-refractivity contribution < 1.29 is 15.0 Å². The third-order valence-electron chi connectivity index (χ3n) is 4.50. The highest BCUT2D eigenvalue weighted by molar-refractivity contribution is 4.48. The molecule has 128 valence electrons. The fraction of sp³-hybridized carbons (Fsp3) is 1.00. The van der Waals surface area contributed by atoms with Crippen LogP contribution in [0.1, 0.15) is 90.9 Å². The minimum atomic E-state index is 0.137. The average molecular weight is 303 g/mol. The molecule has 0 rings (SSSR count). The second kappa shape index (κ2) is 14.8. The van der Waals surface area contributed by atoms with Crippen molar-refractivity contribution in [1.82, 2.24) is 0 Å². The summed E-state index contributed by atoms with van der Waals surface area (Å²) in [5.74, 6) is 0. The minimum Gasteiger partial charge on any atom is -0.396 e. The standard InChI is InChI=1S/C18H40NO2/c1-3-5-6-7-8-9-10-11-12-13-14-16-19(21,4-2)17-15-18-20/h20-21H,3-18H2,1-2H3/q+1. The predicted molar refractivity (Wildman–Crippen MR) is 90.5 cm³/mol. The lowest BCUT2D eigenvalue weighted by atomic mass is 10.1. The molecule has 0 heterocycles. The highest BCUT2D eigenvalue weighted by Crippen LogP contribution is 2.13. The first kappa shape index (κ1) is 20.9. The van der Waals surface area contributed by atoms with E-state index in [4.69, 9.17) is 5.11 Å². The van der Waals surface area contributed by atoms with Crippen LogP contribution < -0.4 is 0 Å². The van der Waals surface area contributed by atoms with Gasteiger partial charge in [0, 0.05) is 13.0 Å². The van der Waals surface area contributed by atoms with Crippen LogP contribution in [0.2, 0.25) is 0 Å². The van der Waals surface area contributed by atoms with Crippen LogP contribution in [-0.2, 0) is 0 Å². The molecule has 1 unspecified atom stereocenters. The molecule has 0 aromatic heterocycles. The summed E-state index contributed by atoms with van der Waals surface area (Å²) in [7, 11) is 0. The molecule has 0 aliphatic rings. The fourth-order valence-corrected chi connectivity index (χ4v) is 2.86. The van der Waals surface area contributed by atoms with Crippen molar-refractivity contribution in [2.75, 3.05) is 26.2 Å². The van der Waals surface area contributed by atoms with Crippen LogP contribution >= 0.6 is 0 Å². The maximum absolute atomic E-state index is 10.3. The molecule has 0 spiro atoms. The summed E-state index contributed by atoms with van der Waals surface area (Å²) in [6.07, 6.45) is 15.4. The summed E-state index contributed by atoms with van der Waals surface area (Å²) < 4.78 is 0.137. The zero-order valence-electron chi connectivity index (χ0n) is 14.7. The van der Waals surface area contributed by atoms with Crippen LogP contribution in [0.25, 0.3) is 0 Å². The Bertz CT molecular complexity index is 211. The van der Waals surface area contributed by atoms with E-state index in [9.17, 15) is 5.21 Å². The molecule has 21 heavy (non-hydrogen) atoms. The maximum Gasteiger partial charge on any atom is 0.111 e. The first-order chi connectivity index (χ1) is 10.2. The molecule has 0 saturated carbocycles. The van der Waals surface area contributed by atoms with Gasteiger partial charge >= 0.3 is 0 Å². The Kier molecular flexibility index (Phi) is 14.7. The van der Waals surface area contributed by atoms with E-state index < -0.39 is 0 Å². The van der Waals surface area contributed by atoms with Gasteiger partial charge in [-0.05, 0) is 19.8 Å². The first-order valence-corrected chi connectivity index (χ1v) is 9.38. The lowest BCUT2D eigenvalue weighted by Crippen LogP contribution is -2.46. The van der Waals surface area contributed by atoms with E-state index in [1.807, 2.05) is 6.92 Å². The lowest BCUT2D eigenvalue weighted by molar-refractivity contribution is -1.10. The summed E-state index contributed by atoms with van der Waals surface area (Å²) >= 11 is 0. The molecule has 0 bridgehead atoms. The van der Waals surface area contributed by atoms with E-state index in [1.165, 1.54) is 64.2 Å². The van der Waals surface area contributed by atoms with Gasteiger partial charge < -0.3 is 5.11 Å². The number of unbranched alkanes of at least 4 members (excludes halogenated alkanes) is 10. The number of hydrogen-bond donors (Lipinski definition) is 2. The molecule has 0 fully saturated rings. The van der Waals surface area contributed by atoms with Crippen LogP contribution in [0.4, 0.5) is 0 Å². The van der Waals surface area contributed by atoms with E-state index in [2.05, 4.69) is 6.92 Å². The number of hydrogen-bond acceptors (Lipinski definition) is 2. The van der Waals surface area contributed by atoms with Crippen molar-refractivity contribution in [2.45, 2.75) is 90.9 Å². The number of aliphatic hydroxyl groups is 1.